The predicted molar refractivity (Wildman–Crippen MR) is 113 cm³/mol. The maximum Gasteiger partial charge on any atom is 0.162 e. The maximum atomic E-state index is 6.21. The molecule has 0 aliphatic heterocycles. The Morgan fingerprint density at radius 3 is 2.46 bits per heavy atom. The zero-order valence-corrected chi connectivity index (χ0v) is 18.2. The molecule has 0 aliphatic rings. The zero-order valence-electron chi connectivity index (χ0n) is 15.1. The van der Waals surface area contributed by atoms with Crippen molar-refractivity contribution in [2.75, 3.05) is 13.7 Å². The van der Waals surface area contributed by atoms with Gasteiger partial charge in [0.15, 0.2) is 11.5 Å². The van der Waals surface area contributed by atoms with Crippen LogP contribution in [0.4, 0.5) is 0 Å². The van der Waals surface area contributed by atoms with E-state index in [1.54, 1.807) is 19.2 Å². The Bertz CT molecular complexity index is 705. The van der Waals surface area contributed by atoms with E-state index < -0.39 is 0 Å². The third-order valence-corrected chi connectivity index (χ3v) is 5.49. The van der Waals surface area contributed by atoms with E-state index in [0.717, 1.165) is 28.7 Å². The van der Waals surface area contributed by atoms with E-state index in [9.17, 15) is 0 Å². The highest BCUT2D eigenvalue weighted by molar-refractivity contribution is 9.10. The minimum absolute atomic E-state index is 0.274. The monoisotopic (exact) mass is 459 g/mol. The average molecular weight is 461 g/mol. The van der Waals surface area contributed by atoms with Crippen molar-refractivity contribution in [2.45, 2.75) is 39.3 Å². The van der Waals surface area contributed by atoms with Crippen LogP contribution in [0.2, 0.25) is 10.0 Å². The summed E-state index contributed by atoms with van der Waals surface area (Å²) in [6.07, 6.45) is 3.65. The van der Waals surface area contributed by atoms with Crippen LogP contribution in [-0.2, 0) is 13.2 Å². The smallest absolute Gasteiger partial charge is 0.162 e. The summed E-state index contributed by atoms with van der Waals surface area (Å²) < 4.78 is 12.4. The molecule has 0 heterocycles. The quantitative estimate of drug-likeness (QED) is 0.404. The minimum Gasteiger partial charge on any atom is -0.493 e. The van der Waals surface area contributed by atoms with Gasteiger partial charge in [-0.2, -0.15) is 0 Å². The second-order valence-corrected chi connectivity index (χ2v) is 7.64. The highest BCUT2D eigenvalue weighted by atomic mass is 79.9. The van der Waals surface area contributed by atoms with Crippen LogP contribution in [0.25, 0.3) is 0 Å². The van der Waals surface area contributed by atoms with Gasteiger partial charge in [-0.3, -0.25) is 0 Å². The first-order valence-corrected chi connectivity index (χ1v) is 10.2. The molecule has 142 valence electrons. The molecule has 0 aromatic heterocycles. The number of unbranched alkanes of at least 4 members (excludes halogenated alkanes) is 2. The van der Waals surface area contributed by atoms with Crippen molar-refractivity contribution in [3.05, 3.63) is 56.0 Å². The van der Waals surface area contributed by atoms with Crippen molar-refractivity contribution < 1.29 is 9.47 Å². The van der Waals surface area contributed by atoms with Crippen molar-refractivity contribution in [2.24, 2.45) is 0 Å². The molecule has 0 fully saturated rings. The third-order valence-electron chi connectivity index (χ3n) is 4.04. The summed E-state index contributed by atoms with van der Waals surface area (Å²) in [6.45, 7) is 4.26. The SMILES string of the molecule is CCCCCNCc1cc(OC)c(OCc2c(Cl)cccc2Cl)cc1Br. The van der Waals surface area contributed by atoms with E-state index in [1.807, 2.05) is 18.2 Å². The van der Waals surface area contributed by atoms with Crippen LogP contribution >= 0.6 is 39.1 Å². The summed E-state index contributed by atoms with van der Waals surface area (Å²) in [5, 5.41) is 4.63. The van der Waals surface area contributed by atoms with Crippen LogP contribution in [0.3, 0.4) is 0 Å². The molecule has 2 rings (SSSR count). The van der Waals surface area contributed by atoms with Crippen LogP contribution in [0.15, 0.2) is 34.8 Å². The maximum absolute atomic E-state index is 6.21. The molecule has 1 N–H and O–H groups in total. The van der Waals surface area contributed by atoms with Gasteiger partial charge in [-0.15, -0.1) is 0 Å². The van der Waals surface area contributed by atoms with Crippen LogP contribution in [0, 0.1) is 0 Å². The predicted octanol–water partition coefficient (Wildman–Crippen LogP) is 6.62. The number of rotatable bonds is 10. The molecule has 26 heavy (non-hydrogen) atoms. The normalized spacial score (nSPS) is 10.8. The highest BCUT2D eigenvalue weighted by Crippen LogP contribution is 2.35. The van der Waals surface area contributed by atoms with E-state index in [0.29, 0.717) is 21.5 Å². The molecule has 0 spiro atoms. The molecule has 6 heteroatoms. The number of nitrogens with one attached hydrogen (secondary N) is 1. The summed E-state index contributed by atoms with van der Waals surface area (Å²) in [5.41, 5.74) is 1.89. The van der Waals surface area contributed by atoms with Crippen molar-refractivity contribution in [3.8, 4) is 11.5 Å². The van der Waals surface area contributed by atoms with E-state index in [2.05, 4.69) is 28.2 Å². The lowest BCUT2D eigenvalue weighted by atomic mass is 10.2. The summed E-state index contributed by atoms with van der Waals surface area (Å²) in [6, 6.07) is 9.32. The number of methoxy groups -OCH3 is 1. The van der Waals surface area contributed by atoms with Crippen LogP contribution in [-0.4, -0.2) is 13.7 Å². The molecule has 0 aliphatic carbocycles. The highest BCUT2D eigenvalue weighted by Gasteiger charge is 2.12. The Balaban J connectivity index is 2.06. The number of benzene rings is 2. The van der Waals surface area contributed by atoms with Gasteiger partial charge in [-0.05, 0) is 42.8 Å². The van der Waals surface area contributed by atoms with Gasteiger partial charge in [-0.1, -0.05) is 65.0 Å². The van der Waals surface area contributed by atoms with E-state index >= 15 is 0 Å². The summed E-state index contributed by atoms with van der Waals surface area (Å²) in [4.78, 5) is 0. The Morgan fingerprint density at radius 1 is 1.08 bits per heavy atom. The largest absolute Gasteiger partial charge is 0.493 e. The molecule has 0 radical (unpaired) electrons. The van der Waals surface area contributed by atoms with Crippen LogP contribution < -0.4 is 14.8 Å². The van der Waals surface area contributed by atoms with Crippen molar-refractivity contribution in [1.29, 1.82) is 0 Å². The molecular weight excluding hydrogens is 437 g/mol. The Kier molecular flexibility index (Phi) is 9.06. The van der Waals surface area contributed by atoms with Crippen molar-refractivity contribution in [1.82, 2.24) is 5.32 Å². The Hall–Kier alpha value is -0.940. The number of ether oxygens (including phenoxy) is 2. The minimum atomic E-state index is 0.274. The molecule has 0 unspecified atom stereocenters. The lowest BCUT2D eigenvalue weighted by Crippen LogP contribution is -2.15. The van der Waals surface area contributed by atoms with Gasteiger partial charge in [0.25, 0.3) is 0 Å². The van der Waals surface area contributed by atoms with Gasteiger partial charge >= 0.3 is 0 Å². The molecular formula is C20H24BrCl2NO2. The standard InChI is InChI=1S/C20H24BrCl2NO2/c1-3-4-5-9-24-12-14-10-19(25-2)20(11-16(14)21)26-13-15-17(22)7-6-8-18(15)23/h6-8,10-11,24H,3-5,9,12-13H2,1-2H3. The first-order chi connectivity index (χ1) is 12.6. The Labute approximate surface area is 174 Å². The molecule has 0 saturated heterocycles. The van der Waals surface area contributed by atoms with Crippen LogP contribution in [0.1, 0.15) is 37.3 Å². The van der Waals surface area contributed by atoms with Gasteiger partial charge in [0.05, 0.1) is 7.11 Å². The molecule has 0 atom stereocenters. The summed E-state index contributed by atoms with van der Waals surface area (Å²) >= 11 is 16.0. The van der Waals surface area contributed by atoms with Gasteiger partial charge in [-0.25, -0.2) is 0 Å². The Morgan fingerprint density at radius 2 is 1.81 bits per heavy atom. The summed E-state index contributed by atoms with van der Waals surface area (Å²) in [5.74, 6) is 1.33. The fourth-order valence-corrected chi connectivity index (χ4v) is 3.50. The fraction of sp³-hybridized carbons (Fsp3) is 0.400. The second kappa shape index (κ2) is 11.0. The lowest BCUT2D eigenvalue weighted by molar-refractivity contribution is 0.284. The molecule has 0 amide bonds. The molecule has 0 saturated carbocycles. The molecule has 3 nitrogen and oxygen atoms in total. The summed E-state index contributed by atoms with van der Waals surface area (Å²) in [7, 11) is 1.64. The van der Waals surface area contributed by atoms with Gasteiger partial charge in [0.2, 0.25) is 0 Å². The van der Waals surface area contributed by atoms with Gasteiger partial charge in [0.1, 0.15) is 6.61 Å². The average Bonchev–Trinajstić information content (AvgIpc) is 2.62. The topological polar surface area (TPSA) is 30.5 Å². The third kappa shape index (κ3) is 6.05. The second-order valence-electron chi connectivity index (χ2n) is 5.97. The van der Waals surface area contributed by atoms with E-state index in [4.69, 9.17) is 32.7 Å². The van der Waals surface area contributed by atoms with Gasteiger partial charge in [0, 0.05) is 26.6 Å². The van der Waals surface area contributed by atoms with E-state index in [-0.39, 0.29) is 6.61 Å². The first-order valence-electron chi connectivity index (χ1n) is 8.69. The van der Waals surface area contributed by atoms with E-state index in [1.165, 1.54) is 19.3 Å². The molecule has 0 bridgehead atoms. The zero-order chi connectivity index (χ0) is 18.9. The number of halogens is 3. The van der Waals surface area contributed by atoms with Crippen LogP contribution in [0.5, 0.6) is 11.5 Å². The number of hydrogen-bond donors (Lipinski definition) is 1. The fourth-order valence-electron chi connectivity index (χ4n) is 2.53. The van der Waals surface area contributed by atoms with Gasteiger partial charge < -0.3 is 14.8 Å². The number of hydrogen-bond acceptors (Lipinski definition) is 3. The molecule has 2 aromatic carbocycles. The first kappa shape index (κ1) is 21.4. The lowest BCUT2D eigenvalue weighted by Gasteiger charge is -2.15. The van der Waals surface area contributed by atoms with Crippen molar-refractivity contribution in [3.63, 3.8) is 0 Å². The molecule has 2 aromatic rings. The van der Waals surface area contributed by atoms with Crippen molar-refractivity contribution >= 4 is 39.1 Å².